The Labute approximate surface area is 127 Å². The second kappa shape index (κ2) is 6.80. The quantitative estimate of drug-likeness (QED) is 0.753. The molecule has 1 saturated heterocycles. The zero-order chi connectivity index (χ0) is 15.4. The van der Waals surface area contributed by atoms with Gasteiger partial charge in [0.1, 0.15) is 10.6 Å². The fraction of sp³-hybridized carbons (Fsp3) is 0.500. The third kappa shape index (κ3) is 3.47. The fourth-order valence-electron chi connectivity index (χ4n) is 2.26. The molecule has 21 heavy (non-hydrogen) atoms. The number of allylic oxidation sites excluding steroid dienone is 2. The van der Waals surface area contributed by atoms with Gasteiger partial charge in [-0.15, -0.1) is 11.8 Å². The Bertz CT molecular complexity index is 487. The summed E-state index contributed by atoms with van der Waals surface area (Å²) in [6, 6.07) is 0. The van der Waals surface area contributed by atoms with E-state index in [1.165, 1.54) is 16.8 Å². The van der Waals surface area contributed by atoms with Crippen molar-refractivity contribution in [1.82, 2.24) is 10.0 Å². The third-order valence-electron chi connectivity index (χ3n) is 3.27. The second-order valence-corrected chi connectivity index (χ2v) is 6.17. The Morgan fingerprint density at radius 3 is 2.62 bits per heavy atom. The molecule has 114 valence electrons. The summed E-state index contributed by atoms with van der Waals surface area (Å²) < 4.78 is 0. The van der Waals surface area contributed by atoms with Gasteiger partial charge in [0.2, 0.25) is 11.8 Å². The van der Waals surface area contributed by atoms with E-state index in [0.717, 1.165) is 11.4 Å². The minimum absolute atomic E-state index is 0.210. The molecule has 0 aromatic carbocycles. The van der Waals surface area contributed by atoms with Crippen LogP contribution in [0.3, 0.4) is 0 Å². The number of carbonyl (C=O) groups is 3. The van der Waals surface area contributed by atoms with Crippen LogP contribution in [0.2, 0.25) is 0 Å². The minimum Gasteiger partial charge on any atom is -0.480 e. The number of hydrogen-bond acceptors (Lipinski definition) is 5. The van der Waals surface area contributed by atoms with Gasteiger partial charge in [-0.25, -0.2) is 0 Å². The Morgan fingerprint density at radius 2 is 2.05 bits per heavy atom. The summed E-state index contributed by atoms with van der Waals surface area (Å²) in [6.45, 7) is 1.93. The number of nitrogens with zero attached hydrogens (tertiary/aromatic N) is 2. The molecule has 0 bridgehead atoms. The Kier molecular flexibility index (Phi) is 5.06. The van der Waals surface area contributed by atoms with Crippen molar-refractivity contribution in [3.05, 3.63) is 24.4 Å². The predicted molar refractivity (Wildman–Crippen MR) is 78.9 cm³/mol. The first-order chi connectivity index (χ1) is 10.0. The van der Waals surface area contributed by atoms with Crippen molar-refractivity contribution in [2.24, 2.45) is 0 Å². The molecule has 0 aromatic rings. The van der Waals surface area contributed by atoms with Crippen LogP contribution in [0, 0.1) is 0 Å². The number of hydrogen-bond donors (Lipinski definition) is 1. The molecule has 0 radical (unpaired) electrons. The number of carbonyl (C=O) groups excluding carboxylic acids is 2. The van der Waals surface area contributed by atoms with Crippen LogP contribution in [0.4, 0.5) is 0 Å². The number of carboxylic acid groups (broad SMARTS) is 1. The van der Waals surface area contributed by atoms with Gasteiger partial charge in [0.05, 0.1) is 0 Å². The molecular weight excluding hydrogens is 292 g/mol. The molecule has 0 saturated carbocycles. The number of hydrazine groups is 1. The van der Waals surface area contributed by atoms with Gasteiger partial charge in [0, 0.05) is 19.0 Å². The molecule has 7 heteroatoms. The lowest BCUT2D eigenvalue weighted by Gasteiger charge is -2.36. The maximum atomic E-state index is 11.9. The van der Waals surface area contributed by atoms with Crippen LogP contribution >= 0.6 is 11.8 Å². The molecular formula is C14H18N2O4S. The van der Waals surface area contributed by atoms with Crippen LogP contribution in [0.15, 0.2) is 24.4 Å². The van der Waals surface area contributed by atoms with E-state index >= 15 is 0 Å². The number of rotatable bonds is 6. The van der Waals surface area contributed by atoms with E-state index in [9.17, 15) is 19.5 Å². The number of imide groups is 1. The predicted octanol–water partition coefficient (Wildman–Crippen LogP) is 1.75. The molecule has 2 rings (SSSR count). The maximum Gasteiger partial charge on any atom is 0.316 e. The average Bonchev–Trinajstić information content (AvgIpc) is 2.78. The van der Waals surface area contributed by atoms with Crippen molar-refractivity contribution < 1.29 is 19.5 Å². The molecule has 2 aliphatic heterocycles. The molecule has 2 atom stereocenters. The van der Waals surface area contributed by atoms with E-state index < -0.39 is 11.2 Å². The van der Waals surface area contributed by atoms with Crippen molar-refractivity contribution in [1.29, 1.82) is 0 Å². The summed E-state index contributed by atoms with van der Waals surface area (Å²) in [5, 5.41) is 11.0. The molecule has 2 aliphatic rings. The molecule has 6 nitrogen and oxygen atoms in total. The van der Waals surface area contributed by atoms with Gasteiger partial charge in [-0.1, -0.05) is 25.5 Å². The molecule has 2 heterocycles. The van der Waals surface area contributed by atoms with Gasteiger partial charge >= 0.3 is 5.97 Å². The highest BCUT2D eigenvalue weighted by atomic mass is 32.2. The Balaban J connectivity index is 2.14. The van der Waals surface area contributed by atoms with Crippen LogP contribution in [0.25, 0.3) is 0 Å². The summed E-state index contributed by atoms with van der Waals surface area (Å²) in [7, 11) is 0. The van der Waals surface area contributed by atoms with Crippen molar-refractivity contribution in [2.45, 2.75) is 43.2 Å². The largest absolute Gasteiger partial charge is 0.480 e. The van der Waals surface area contributed by atoms with E-state index in [4.69, 9.17) is 0 Å². The first kappa shape index (κ1) is 15.6. The third-order valence-corrected chi connectivity index (χ3v) is 4.69. The first-order valence-corrected chi connectivity index (χ1v) is 7.86. The molecule has 0 aromatic heterocycles. The summed E-state index contributed by atoms with van der Waals surface area (Å²) in [5.41, 5.74) is 0. The standard InChI is InChI=1S/C14H18N2O4S/c1-2-5-10(14(19)20)21-13-6-3-4-9-15(13)16-11(17)7-8-12(16)18/h3-4,6,9-10,13H,2,5,7-8H2,1H3,(H,19,20). The topological polar surface area (TPSA) is 77.9 Å². The number of aliphatic carboxylic acids is 1. The first-order valence-electron chi connectivity index (χ1n) is 6.92. The summed E-state index contributed by atoms with van der Waals surface area (Å²) in [5.74, 6) is -1.36. The molecule has 1 fully saturated rings. The Morgan fingerprint density at radius 1 is 1.38 bits per heavy atom. The van der Waals surface area contributed by atoms with Crippen LogP contribution < -0.4 is 0 Å². The van der Waals surface area contributed by atoms with Gasteiger partial charge in [-0.05, 0) is 12.5 Å². The van der Waals surface area contributed by atoms with Crippen LogP contribution in [-0.2, 0) is 14.4 Å². The van der Waals surface area contributed by atoms with Crippen molar-refractivity contribution >= 4 is 29.5 Å². The lowest BCUT2D eigenvalue weighted by Crippen LogP contribution is -2.48. The zero-order valence-electron chi connectivity index (χ0n) is 11.8. The highest BCUT2D eigenvalue weighted by molar-refractivity contribution is 8.01. The van der Waals surface area contributed by atoms with E-state index in [1.54, 1.807) is 24.4 Å². The van der Waals surface area contributed by atoms with Gasteiger partial charge in [-0.2, -0.15) is 5.01 Å². The van der Waals surface area contributed by atoms with Crippen LogP contribution in [0.5, 0.6) is 0 Å². The average molecular weight is 310 g/mol. The monoisotopic (exact) mass is 310 g/mol. The van der Waals surface area contributed by atoms with Crippen molar-refractivity contribution in [2.75, 3.05) is 0 Å². The molecule has 2 amide bonds. The second-order valence-electron chi connectivity index (χ2n) is 4.85. The maximum absolute atomic E-state index is 11.9. The molecule has 2 unspecified atom stereocenters. The van der Waals surface area contributed by atoms with Gasteiger partial charge in [-0.3, -0.25) is 19.4 Å². The smallest absolute Gasteiger partial charge is 0.316 e. The molecule has 1 N–H and O–H groups in total. The van der Waals surface area contributed by atoms with E-state index in [2.05, 4.69) is 0 Å². The van der Waals surface area contributed by atoms with E-state index in [-0.39, 0.29) is 30.0 Å². The molecule has 0 spiro atoms. The summed E-state index contributed by atoms with van der Waals surface area (Å²) >= 11 is 1.24. The SMILES string of the molecule is CCCC(SC1C=CC=CN1N1C(=O)CCC1=O)C(=O)O. The Hall–Kier alpha value is -1.76. The lowest BCUT2D eigenvalue weighted by molar-refractivity contribution is -0.153. The zero-order valence-corrected chi connectivity index (χ0v) is 12.6. The van der Waals surface area contributed by atoms with Crippen LogP contribution in [0.1, 0.15) is 32.6 Å². The minimum atomic E-state index is -0.871. The van der Waals surface area contributed by atoms with Crippen molar-refractivity contribution in [3.63, 3.8) is 0 Å². The highest BCUT2D eigenvalue weighted by Crippen LogP contribution is 2.31. The van der Waals surface area contributed by atoms with E-state index in [1.807, 2.05) is 6.92 Å². The van der Waals surface area contributed by atoms with Crippen LogP contribution in [-0.4, -0.2) is 43.5 Å². The number of amides is 2. The molecule has 0 aliphatic carbocycles. The van der Waals surface area contributed by atoms with Gasteiger partial charge in [0.15, 0.2) is 0 Å². The van der Waals surface area contributed by atoms with Gasteiger partial charge < -0.3 is 5.11 Å². The number of carboxylic acids is 1. The van der Waals surface area contributed by atoms with Gasteiger partial charge in [0.25, 0.3) is 0 Å². The highest BCUT2D eigenvalue weighted by Gasteiger charge is 2.37. The summed E-state index contributed by atoms with van der Waals surface area (Å²) in [6.07, 6.45) is 8.69. The summed E-state index contributed by atoms with van der Waals surface area (Å²) in [4.78, 5) is 35.0. The number of thioether (sulfide) groups is 1. The van der Waals surface area contributed by atoms with Crippen molar-refractivity contribution in [3.8, 4) is 0 Å². The lowest BCUT2D eigenvalue weighted by atomic mass is 10.2. The fourth-order valence-corrected chi connectivity index (χ4v) is 3.56. The van der Waals surface area contributed by atoms with E-state index in [0.29, 0.717) is 6.42 Å². The normalized spacial score (nSPS) is 23.0.